The second kappa shape index (κ2) is 10.4. The molecule has 0 radical (unpaired) electrons. The van der Waals surface area contributed by atoms with Crippen molar-refractivity contribution in [3.8, 4) is 0 Å². The van der Waals surface area contributed by atoms with E-state index in [-0.39, 0.29) is 17.5 Å². The summed E-state index contributed by atoms with van der Waals surface area (Å²) in [6.07, 6.45) is 1.47. The molecule has 3 nitrogen and oxygen atoms in total. The summed E-state index contributed by atoms with van der Waals surface area (Å²) in [6, 6.07) is 19.9. The molecule has 0 spiro atoms. The Balaban J connectivity index is 2.34. The summed E-state index contributed by atoms with van der Waals surface area (Å²) in [6.45, 7) is 14.0. The highest BCUT2D eigenvalue weighted by atomic mass is 32.2. The van der Waals surface area contributed by atoms with Crippen molar-refractivity contribution in [3.63, 3.8) is 0 Å². The van der Waals surface area contributed by atoms with E-state index in [4.69, 9.17) is 4.43 Å². The lowest BCUT2D eigenvalue weighted by Crippen LogP contribution is -2.66. The average Bonchev–Trinajstić information content (AvgIpc) is 2.70. The summed E-state index contributed by atoms with van der Waals surface area (Å²) in [4.78, 5) is 0. The zero-order valence-electron chi connectivity index (χ0n) is 19.7. The molecule has 2 aromatic rings. The van der Waals surface area contributed by atoms with Crippen LogP contribution in [0.3, 0.4) is 0 Å². The van der Waals surface area contributed by atoms with E-state index in [0.29, 0.717) is 0 Å². The highest BCUT2D eigenvalue weighted by molar-refractivity contribution is 7.90. The molecule has 6 heteroatoms. The van der Waals surface area contributed by atoms with Gasteiger partial charge in [0.05, 0.1) is 6.61 Å². The van der Waals surface area contributed by atoms with Crippen molar-refractivity contribution < 1.29 is 13.4 Å². The van der Waals surface area contributed by atoms with E-state index >= 15 is 0 Å². The van der Waals surface area contributed by atoms with E-state index in [0.717, 1.165) is 10.4 Å². The quantitative estimate of drug-likeness (QED) is 0.451. The van der Waals surface area contributed by atoms with E-state index in [1.807, 2.05) is 57.2 Å². The molecular formula is C25H36FNO2SSi. The normalized spacial score (nSPS) is 15.6. The van der Waals surface area contributed by atoms with Gasteiger partial charge in [0.2, 0.25) is 0 Å². The van der Waals surface area contributed by atoms with Crippen LogP contribution in [0.2, 0.25) is 5.04 Å². The van der Waals surface area contributed by atoms with E-state index in [2.05, 4.69) is 49.8 Å². The topological polar surface area (TPSA) is 44.3 Å². The van der Waals surface area contributed by atoms with Gasteiger partial charge in [-0.1, -0.05) is 81.4 Å². The van der Waals surface area contributed by atoms with Gasteiger partial charge in [0.1, 0.15) is 16.6 Å². The van der Waals surface area contributed by atoms with Crippen LogP contribution in [0.15, 0.2) is 72.6 Å². The molecule has 0 aromatic heterocycles. The van der Waals surface area contributed by atoms with Crippen molar-refractivity contribution in [3.05, 3.63) is 72.6 Å². The van der Waals surface area contributed by atoms with Gasteiger partial charge in [0, 0.05) is 11.4 Å². The van der Waals surface area contributed by atoms with Crippen LogP contribution >= 0.6 is 0 Å². The molecule has 0 fully saturated rings. The third kappa shape index (κ3) is 6.30. The molecule has 2 atom stereocenters. The standard InChI is InChI=1S/C25H36FNO2SSi/c1-20(27-30(28)24(2,3)4)23(26)18-19-29-31(25(5,6)7,21-14-10-8-11-15-21)22-16-12-9-13-17-22/h8-18,20,27H,19H2,1-7H3/b23-18-/t20-,30?/m0/s1. The lowest BCUT2D eigenvalue weighted by molar-refractivity contribution is 0.334. The van der Waals surface area contributed by atoms with Crippen molar-refractivity contribution >= 4 is 30.1 Å². The van der Waals surface area contributed by atoms with E-state index < -0.39 is 30.5 Å². The summed E-state index contributed by atoms with van der Waals surface area (Å²) in [5.74, 6) is -0.365. The molecule has 0 heterocycles. The maximum atomic E-state index is 14.8. The van der Waals surface area contributed by atoms with Gasteiger partial charge >= 0.3 is 0 Å². The predicted molar refractivity (Wildman–Crippen MR) is 133 cm³/mol. The van der Waals surface area contributed by atoms with Gasteiger partial charge in [-0.25, -0.2) is 4.39 Å². The minimum Gasteiger partial charge on any atom is -0.598 e. The lowest BCUT2D eigenvalue weighted by Gasteiger charge is -2.42. The molecule has 0 aliphatic carbocycles. The second-order valence-corrected chi connectivity index (χ2v) is 16.1. The number of nitrogens with one attached hydrogen (secondary N) is 1. The Morgan fingerprint density at radius 2 is 1.45 bits per heavy atom. The average molecular weight is 462 g/mol. The molecule has 0 bridgehead atoms. The summed E-state index contributed by atoms with van der Waals surface area (Å²) < 4.78 is 36.2. The van der Waals surface area contributed by atoms with Crippen LogP contribution in [0.5, 0.6) is 0 Å². The summed E-state index contributed by atoms with van der Waals surface area (Å²) in [5, 5.41) is 2.14. The predicted octanol–water partition coefficient (Wildman–Crippen LogP) is 4.86. The van der Waals surface area contributed by atoms with Crippen LogP contribution in [-0.2, 0) is 15.8 Å². The monoisotopic (exact) mass is 461 g/mol. The maximum absolute atomic E-state index is 14.8. The minimum atomic E-state index is -2.70. The summed E-state index contributed by atoms with van der Waals surface area (Å²) in [5.41, 5.74) is 0. The van der Waals surface area contributed by atoms with Gasteiger partial charge in [0.25, 0.3) is 8.32 Å². The molecule has 2 rings (SSSR count). The number of hydrogen-bond acceptors (Lipinski definition) is 3. The molecule has 1 unspecified atom stereocenters. The van der Waals surface area contributed by atoms with Crippen LogP contribution < -0.4 is 15.1 Å². The van der Waals surface area contributed by atoms with Crippen LogP contribution in [0.4, 0.5) is 4.39 Å². The Kier molecular flexibility index (Phi) is 8.70. The third-order valence-electron chi connectivity index (χ3n) is 5.25. The maximum Gasteiger partial charge on any atom is 0.261 e. The molecule has 31 heavy (non-hydrogen) atoms. The molecule has 170 valence electrons. The fraction of sp³-hybridized carbons (Fsp3) is 0.440. The lowest BCUT2D eigenvalue weighted by atomic mass is 10.2. The smallest absolute Gasteiger partial charge is 0.261 e. The summed E-state index contributed by atoms with van der Waals surface area (Å²) >= 11 is -1.35. The van der Waals surface area contributed by atoms with Crippen molar-refractivity contribution in [2.24, 2.45) is 0 Å². The molecule has 0 saturated heterocycles. The Bertz CT molecular complexity index is 808. The van der Waals surface area contributed by atoms with E-state index in [1.165, 1.54) is 6.08 Å². The first-order chi connectivity index (χ1) is 14.4. The van der Waals surface area contributed by atoms with Crippen molar-refractivity contribution in [1.82, 2.24) is 4.72 Å². The van der Waals surface area contributed by atoms with Gasteiger partial charge in [0.15, 0.2) is 0 Å². The van der Waals surface area contributed by atoms with Gasteiger partial charge in [-0.15, -0.1) is 4.72 Å². The number of rotatable bonds is 8. The molecule has 1 N–H and O–H groups in total. The Hall–Kier alpha value is -1.44. The van der Waals surface area contributed by atoms with Crippen LogP contribution in [0.1, 0.15) is 48.5 Å². The van der Waals surface area contributed by atoms with Crippen molar-refractivity contribution in [1.29, 1.82) is 0 Å². The minimum absolute atomic E-state index is 0.146. The molecule has 0 aliphatic rings. The fourth-order valence-electron chi connectivity index (χ4n) is 3.58. The molecule has 0 aliphatic heterocycles. The zero-order chi connectivity index (χ0) is 23.3. The van der Waals surface area contributed by atoms with Gasteiger partial charge in [-0.3, -0.25) is 0 Å². The van der Waals surface area contributed by atoms with Gasteiger partial charge in [-0.2, -0.15) is 0 Å². The van der Waals surface area contributed by atoms with Crippen LogP contribution in [0.25, 0.3) is 0 Å². The summed E-state index contributed by atoms with van der Waals surface area (Å²) in [7, 11) is -2.70. The fourth-order valence-corrected chi connectivity index (χ4v) is 8.85. The largest absolute Gasteiger partial charge is 0.598 e. The van der Waals surface area contributed by atoms with Gasteiger partial charge < -0.3 is 8.98 Å². The number of benzene rings is 2. The van der Waals surface area contributed by atoms with Crippen molar-refractivity contribution in [2.75, 3.05) is 6.61 Å². The first kappa shape index (κ1) is 25.8. The first-order valence-electron chi connectivity index (χ1n) is 10.7. The first-order valence-corrected chi connectivity index (χ1v) is 13.7. The van der Waals surface area contributed by atoms with E-state index in [9.17, 15) is 8.94 Å². The second-order valence-electron chi connectivity index (χ2n) is 9.78. The highest BCUT2D eigenvalue weighted by Crippen LogP contribution is 2.36. The van der Waals surface area contributed by atoms with Crippen molar-refractivity contribution in [2.45, 2.75) is 64.3 Å². The molecule has 0 amide bonds. The Morgan fingerprint density at radius 1 is 1.00 bits per heavy atom. The molecule has 2 aromatic carbocycles. The van der Waals surface area contributed by atoms with Crippen LogP contribution in [-0.4, -0.2) is 30.3 Å². The van der Waals surface area contributed by atoms with Crippen LogP contribution in [0, 0.1) is 0 Å². The zero-order valence-corrected chi connectivity index (χ0v) is 21.6. The third-order valence-corrected chi connectivity index (χ3v) is 11.9. The Morgan fingerprint density at radius 3 is 1.84 bits per heavy atom. The SMILES string of the molecule is C[C@H](N[S+]([O-])C(C)(C)C)/C(F)=C/CO[Si](c1ccccc1)(c1ccccc1)C(C)(C)C. The molecular weight excluding hydrogens is 425 g/mol. The van der Waals surface area contributed by atoms with Gasteiger partial charge in [-0.05, 0) is 49.2 Å². The Labute approximate surface area is 191 Å². The number of halogens is 1. The van der Waals surface area contributed by atoms with E-state index in [1.54, 1.807) is 6.92 Å². The molecule has 0 saturated carbocycles. The highest BCUT2D eigenvalue weighted by Gasteiger charge is 2.49. The number of hydrogen-bond donors (Lipinski definition) is 1.